The quantitative estimate of drug-likeness (QED) is 0.0211. The second-order valence-corrected chi connectivity index (χ2v) is 12.9. The van der Waals surface area contributed by atoms with Gasteiger partial charge in [-0.1, -0.05) is 131 Å². The summed E-state index contributed by atoms with van der Waals surface area (Å²) in [4.78, 5) is 42.5. The van der Waals surface area contributed by atoms with Crippen LogP contribution in [0.25, 0.3) is 0 Å². The molecule has 0 heterocycles. The average molecular weight is 707 g/mol. The van der Waals surface area contributed by atoms with Gasteiger partial charge in [0.1, 0.15) is 6.61 Å². The van der Waals surface area contributed by atoms with Crippen molar-refractivity contribution in [2.45, 2.75) is 135 Å². The minimum atomic E-state index is -4.78. The van der Waals surface area contributed by atoms with Crippen LogP contribution < -0.4 is 0 Å². The summed E-state index contributed by atoms with van der Waals surface area (Å²) < 4.78 is 26.1. The van der Waals surface area contributed by atoms with Crippen molar-refractivity contribution in [1.82, 2.24) is 0 Å². The van der Waals surface area contributed by atoms with Crippen LogP contribution in [0, 0.1) is 0 Å². The predicted molar refractivity (Wildman–Crippen MR) is 199 cm³/mol. The first-order valence-corrected chi connectivity index (χ1v) is 19.5. The Balaban J connectivity index is 4.19. The van der Waals surface area contributed by atoms with E-state index in [0.29, 0.717) is 19.3 Å². The maximum absolute atomic E-state index is 12.3. The highest BCUT2D eigenvalue weighted by molar-refractivity contribution is 7.46. The Bertz CT molecular complexity index is 1080. The molecule has 0 spiro atoms. The molecule has 10 heteroatoms. The molecule has 0 radical (unpaired) electrons. The number of rotatable bonds is 31. The number of hydrogen-bond acceptors (Lipinski definition) is 7. The first-order chi connectivity index (χ1) is 23.7. The average Bonchev–Trinajstić information content (AvgIpc) is 3.06. The molecule has 0 amide bonds. The van der Waals surface area contributed by atoms with Crippen LogP contribution in [0.4, 0.5) is 0 Å². The Morgan fingerprint density at radius 3 is 1.94 bits per heavy atom. The van der Waals surface area contributed by atoms with Crippen LogP contribution in [0.1, 0.15) is 123 Å². The number of esters is 2. The first kappa shape index (κ1) is 46.2. The Morgan fingerprint density at radius 2 is 1.27 bits per heavy atom. The van der Waals surface area contributed by atoms with Crippen LogP contribution in [0.3, 0.4) is 0 Å². The van der Waals surface area contributed by atoms with Crippen LogP contribution in [0.2, 0.25) is 0 Å². The van der Waals surface area contributed by atoms with E-state index in [4.69, 9.17) is 19.3 Å². The van der Waals surface area contributed by atoms with Crippen molar-refractivity contribution in [3.8, 4) is 0 Å². The number of carbonyl (C=O) groups excluding carboxylic acids is 2. The van der Waals surface area contributed by atoms with Crippen molar-refractivity contribution < 1.29 is 43.0 Å². The highest BCUT2D eigenvalue weighted by atomic mass is 31.2. The van der Waals surface area contributed by atoms with Crippen molar-refractivity contribution in [2.24, 2.45) is 0 Å². The number of unbranched alkanes of at least 4 members (excludes halogenated alkanes) is 7. The summed E-state index contributed by atoms with van der Waals surface area (Å²) in [5, 5.41) is 9.80. The molecule has 0 aromatic heterocycles. The van der Waals surface area contributed by atoms with Gasteiger partial charge in [0.25, 0.3) is 0 Å². The minimum Gasteiger partial charge on any atom is -0.462 e. The van der Waals surface area contributed by atoms with Gasteiger partial charge in [-0.15, -0.1) is 0 Å². The Hall–Kier alpha value is -2.81. The molecule has 3 N–H and O–H groups in total. The molecule has 0 aromatic carbocycles. The lowest BCUT2D eigenvalue weighted by molar-refractivity contribution is -0.161. The second kappa shape index (κ2) is 33.7. The number of aliphatic hydroxyl groups excluding tert-OH is 1. The van der Waals surface area contributed by atoms with Gasteiger partial charge < -0.3 is 24.4 Å². The van der Waals surface area contributed by atoms with Gasteiger partial charge in [0.15, 0.2) is 6.10 Å². The van der Waals surface area contributed by atoms with Gasteiger partial charge in [-0.25, -0.2) is 4.57 Å². The monoisotopic (exact) mass is 706 g/mol. The molecule has 0 aliphatic heterocycles. The SMILES string of the molecule is CC/C=C\CC(O)/C=C/C=C/C/C=C\C/C=C\C/C=C\CCC(=O)OC[C@H](COP(=O)(O)O)OC(=O)CCCCCCC/C=C\CCCC. The molecule has 49 heavy (non-hydrogen) atoms. The molecule has 278 valence electrons. The zero-order valence-electron chi connectivity index (χ0n) is 29.9. The number of aliphatic hydroxyl groups is 1. The van der Waals surface area contributed by atoms with E-state index in [9.17, 15) is 19.3 Å². The number of phosphoric ester groups is 1. The first-order valence-electron chi connectivity index (χ1n) is 18.0. The Labute approximate surface area is 295 Å². The van der Waals surface area contributed by atoms with E-state index >= 15 is 0 Å². The van der Waals surface area contributed by atoms with Crippen LogP contribution in [-0.2, 0) is 28.2 Å². The Morgan fingerprint density at radius 1 is 0.653 bits per heavy atom. The summed E-state index contributed by atoms with van der Waals surface area (Å²) in [5.41, 5.74) is 0. The maximum Gasteiger partial charge on any atom is 0.469 e. The smallest absolute Gasteiger partial charge is 0.462 e. The van der Waals surface area contributed by atoms with Crippen molar-refractivity contribution in [3.63, 3.8) is 0 Å². The van der Waals surface area contributed by atoms with Crippen LogP contribution in [-0.4, -0.2) is 52.3 Å². The molecule has 0 bridgehead atoms. The number of phosphoric acid groups is 1. The van der Waals surface area contributed by atoms with E-state index in [2.05, 4.69) is 48.8 Å². The van der Waals surface area contributed by atoms with Crippen LogP contribution >= 0.6 is 7.82 Å². The van der Waals surface area contributed by atoms with Gasteiger partial charge in [0, 0.05) is 12.8 Å². The maximum atomic E-state index is 12.3. The molecular formula is C39H63O9P. The third kappa shape index (κ3) is 36.3. The van der Waals surface area contributed by atoms with E-state index < -0.39 is 38.6 Å². The minimum absolute atomic E-state index is 0.120. The third-order valence-corrected chi connectivity index (χ3v) is 7.48. The fourth-order valence-electron chi connectivity index (χ4n) is 4.29. The van der Waals surface area contributed by atoms with Crippen molar-refractivity contribution >= 4 is 19.8 Å². The summed E-state index contributed by atoms with van der Waals surface area (Å²) >= 11 is 0. The molecule has 0 saturated carbocycles. The second-order valence-electron chi connectivity index (χ2n) is 11.7. The lowest BCUT2D eigenvalue weighted by atomic mass is 10.1. The summed E-state index contributed by atoms with van der Waals surface area (Å²) in [6, 6.07) is 0. The van der Waals surface area contributed by atoms with Crippen LogP contribution in [0.5, 0.6) is 0 Å². The van der Waals surface area contributed by atoms with E-state index in [1.165, 1.54) is 12.8 Å². The van der Waals surface area contributed by atoms with Gasteiger partial charge in [0.2, 0.25) is 0 Å². The molecule has 0 rings (SSSR count). The molecular weight excluding hydrogens is 643 g/mol. The van der Waals surface area contributed by atoms with E-state index in [0.717, 1.165) is 64.2 Å². The zero-order valence-corrected chi connectivity index (χ0v) is 30.8. The molecule has 0 aromatic rings. The van der Waals surface area contributed by atoms with Gasteiger partial charge in [-0.2, -0.15) is 0 Å². The van der Waals surface area contributed by atoms with E-state index in [1.54, 1.807) is 6.08 Å². The topological polar surface area (TPSA) is 140 Å². The summed E-state index contributed by atoms with van der Waals surface area (Å²) in [5.74, 6) is -1.03. The molecule has 0 aliphatic carbocycles. The number of allylic oxidation sites excluding steroid dienone is 12. The predicted octanol–water partition coefficient (Wildman–Crippen LogP) is 9.48. The van der Waals surface area contributed by atoms with Gasteiger partial charge in [0.05, 0.1) is 12.7 Å². The van der Waals surface area contributed by atoms with Gasteiger partial charge in [-0.3, -0.25) is 14.1 Å². The molecule has 0 fully saturated rings. The summed E-state index contributed by atoms with van der Waals surface area (Å²) in [6.45, 7) is 3.33. The summed E-state index contributed by atoms with van der Waals surface area (Å²) in [6.07, 6.45) is 40.8. The molecule has 9 nitrogen and oxygen atoms in total. The standard InChI is InChI=1S/C39H63O9P/c1-3-5-7-8-9-10-14-19-22-25-29-33-39(42)48-37(35-47-49(43,44)45)34-46-38(41)32-28-24-21-18-16-13-11-12-15-17-20-23-27-31-36(40)30-26-6-4-2/h6,8-9,12-13,15-16,20-21,23-24,26-27,31,36-37,40H,3-5,7,10-11,14,17-19,22,25,28-30,32-35H2,1-2H3,(H2,43,44,45)/b9-8-,15-12-,16-13-,23-20+,24-21-,26-6-,31-27+/t36?,37-/m1/s1. The van der Waals surface area contributed by atoms with Crippen molar-refractivity contribution in [3.05, 3.63) is 85.1 Å². The highest BCUT2D eigenvalue weighted by Gasteiger charge is 2.22. The molecule has 2 atom stereocenters. The summed E-state index contributed by atoms with van der Waals surface area (Å²) in [7, 11) is -4.78. The van der Waals surface area contributed by atoms with Crippen molar-refractivity contribution in [1.29, 1.82) is 0 Å². The zero-order chi connectivity index (χ0) is 36.3. The number of carbonyl (C=O) groups is 2. The van der Waals surface area contributed by atoms with Crippen LogP contribution in [0.15, 0.2) is 85.1 Å². The third-order valence-electron chi connectivity index (χ3n) is 6.99. The fraction of sp³-hybridized carbons (Fsp3) is 0.590. The number of hydrogen-bond donors (Lipinski definition) is 3. The largest absolute Gasteiger partial charge is 0.469 e. The van der Waals surface area contributed by atoms with E-state index in [1.807, 2.05) is 48.6 Å². The Kier molecular flexibility index (Phi) is 31.7. The molecule has 1 unspecified atom stereocenters. The molecule has 0 aliphatic rings. The number of ether oxygens (including phenoxy) is 2. The fourth-order valence-corrected chi connectivity index (χ4v) is 4.65. The molecule has 0 saturated heterocycles. The normalized spacial score (nSPS) is 14.1. The lowest BCUT2D eigenvalue weighted by Gasteiger charge is -2.18. The highest BCUT2D eigenvalue weighted by Crippen LogP contribution is 2.35. The van der Waals surface area contributed by atoms with Crippen molar-refractivity contribution in [2.75, 3.05) is 13.2 Å². The van der Waals surface area contributed by atoms with E-state index in [-0.39, 0.29) is 19.4 Å². The van der Waals surface area contributed by atoms with Gasteiger partial charge >= 0.3 is 19.8 Å². The van der Waals surface area contributed by atoms with Gasteiger partial charge in [-0.05, 0) is 64.2 Å². The lowest BCUT2D eigenvalue weighted by Crippen LogP contribution is -2.29.